The van der Waals surface area contributed by atoms with E-state index in [1.54, 1.807) is 0 Å². The molecule has 20 heavy (non-hydrogen) atoms. The number of halogens is 2. The fraction of sp³-hybridized carbons (Fsp3) is 0.412. The summed E-state index contributed by atoms with van der Waals surface area (Å²) >= 11 is 0. The Hall–Kier alpha value is -1.48. The molecule has 0 heterocycles. The van der Waals surface area contributed by atoms with Crippen molar-refractivity contribution in [3.63, 3.8) is 0 Å². The first kappa shape index (κ1) is 13.5. The fourth-order valence-electron chi connectivity index (χ4n) is 3.22. The Bertz CT molecular complexity index is 593. The van der Waals surface area contributed by atoms with Gasteiger partial charge in [-0.3, -0.25) is 0 Å². The fourth-order valence-corrected chi connectivity index (χ4v) is 3.22. The highest BCUT2D eigenvalue weighted by Gasteiger charge is 2.37. The minimum atomic E-state index is -2.49. The first-order valence-corrected chi connectivity index (χ1v) is 7.18. The molecule has 2 aromatic carbocycles. The Kier molecular flexibility index (Phi) is 3.47. The summed E-state index contributed by atoms with van der Waals surface area (Å²) in [6, 6.07) is 14.0. The van der Waals surface area contributed by atoms with Crippen LogP contribution in [0.15, 0.2) is 42.5 Å². The van der Waals surface area contributed by atoms with Gasteiger partial charge in [-0.05, 0) is 35.1 Å². The van der Waals surface area contributed by atoms with Crippen LogP contribution in [-0.2, 0) is 0 Å². The minimum absolute atomic E-state index is 0.0316. The number of alkyl halides is 2. The van der Waals surface area contributed by atoms with Crippen LogP contribution in [0.25, 0.3) is 10.8 Å². The van der Waals surface area contributed by atoms with Crippen molar-refractivity contribution < 1.29 is 8.78 Å². The van der Waals surface area contributed by atoms with Gasteiger partial charge in [0, 0.05) is 18.9 Å². The van der Waals surface area contributed by atoms with E-state index in [-0.39, 0.29) is 24.8 Å². The van der Waals surface area contributed by atoms with Crippen molar-refractivity contribution in [2.24, 2.45) is 11.7 Å². The largest absolute Gasteiger partial charge is 0.324 e. The Morgan fingerprint density at radius 2 is 1.65 bits per heavy atom. The smallest absolute Gasteiger partial charge is 0.248 e. The molecule has 3 rings (SSSR count). The summed E-state index contributed by atoms with van der Waals surface area (Å²) in [7, 11) is 0. The highest BCUT2D eigenvalue weighted by Crippen LogP contribution is 2.41. The normalized spacial score (nSPS) is 20.9. The summed E-state index contributed by atoms with van der Waals surface area (Å²) in [5.74, 6) is -2.34. The molecule has 1 atom stereocenters. The van der Waals surface area contributed by atoms with Crippen molar-refractivity contribution >= 4 is 10.8 Å². The quantitative estimate of drug-likeness (QED) is 0.847. The van der Waals surface area contributed by atoms with Gasteiger partial charge in [-0.2, -0.15) is 0 Å². The molecule has 1 aliphatic rings. The van der Waals surface area contributed by atoms with Crippen molar-refractivity contribution in [2.45, 2.75) is 37.6 Å². The summed E-state index contributed by atoms with van der Waals surface area (Å²) in [4.78, 5) is 0. The van der Waals surface area contributed by atoms with Crippen LogP contribution >= 0.6 is 0 Å². The molecule has 3 heteroatoms. The summed E-state index contributed by atoms with van der Waals surface area (Å²) in [5.41, 5.74) is 7.46. The Labute approximate surface area is 117 Å². The molecular weight excluding hydrogens is 256 g/mol. The lowest BCUT2D eigenvalue weighted by atomic mass is 9.79. The Morgan fingerprint density at radius 3 is 2.40 bits per heavy atom. The van der Waals surface area contributed by atoms with Crippen LogP contribution in [0.1, 0.15) is 37.3 Å². The molecule has 1 fully saturated rings. The number of hydrogen-bond acceptors (Lipinski definition) is 1. The summed E-state index contributed by atoms with van der Waals surface area (Å²) in [6.45, 7) is 0. The zero-order valence-corrected chi connectivity index (χ0v) is 11.4. The van der Waals surface area contributed by atoms with Gasteiger partial charge in [-0.25, -0.2) is 8.78 Å². The second kappa shape index (κ2) is 5.13. The van der Waals surface area contributed by atoms with Crippen molar-refractivity contribution in [1.82, 2.24) is 0 Å². The first-order valence-electron chi connectivity index (χ1n) is 7.18. The van der Waals surface area contributed by atoms with Gasteiger partial charge in [-0.1, -0.05) is 42.5 Å². The summed E-state index contributed by atoms with van der Waals surface area (Å²) in [6.07, 6.45) is 0.959. The van der Waals surface area contributed by atoms with Gasteiger partial charge in [-0.15, -0.1) is 0 Å². The Balaban J connectivity index is 1.88. The molecule has 0 radical (unpaired) electrons. The van der Waals surface area contributed by atoms with E-state index in [0.717, 1.165) is 16.3 Å². The number of nitrogens with two attached hydrogens (primary N) is 1. The molecular formula is C17H19F2N. The van der Waals surface area contributed by atoms with Crippen molar-refractivity contribution in [2.75, 3.05) is 0 Å². The first-order chi connectivity index (χ1) is 9.57. The van der Waals surface area contributed by atoms with Gasteiger partial charge in [0.2, 0.25) is 5.92 Å². The molecule has 0 bridgehead atoms. The predicted octanol–water partition coefficient (Wildman–Crippen LogP) is 4.67. The van der Waals surface area contributed by atoms with Crippen LogP contribution in [-0.4, -0.2) is 5.92 Å². The lowest BCUT2D eigenvalue weighted by Crippen LogP contribution is -2.31. The zero-order chi connectivity index (χ0) is 14.2. The number of benzene rings is 2. The topological polar surface area (TPSA) is 26.0 Å². The third-order valence-electron chi connectivity index (χ3n) is 4.45. The minimum Gasteiger partial charge on any atom is -0.324 e. The molecule has 0 spiro atoms. The Morgan fingerprint density at radius 1 is 1.00 bits per heavy atom. The van der Waals surface area contributed by atoms with Crippen LogP contribution in [0.5, 0.6) is 0 Å². The van der Waals surface area contributed by atoms with E-state index in [1.165, 1.54) is 0 Å². The molecule has 1 unspecified atom stereocenters. The zero-order valence-electron chi connectivity index (χ0n) is 11.4. The van der Waals surface area contributed by atoms with Crippen LogP contribution in [0.4, 0.5) is 8.78 Å². The van der Waals surface area contributed by atoms with Crippen LogP contribution in [0.3, 0.4) is 0 Å². The molecule has 0 saturated heterocycles. The second-order valence-electron chi connectivity index (χ2n) is 5.79. The van der Waals surface area contributed by atoms with E-state index in [1.807, 2.05) is 24.3 Å². The summed E-state index contributed by atoms with van der Waals surface area (Å²) < 4.78 is 26.5. The molecule has 0 aliphatic heterocycles. The maximum Gasteiger partial charge on any atom is 0.248 e. The van der Waals surface area contributed by atoms with Gasteiger partial charge in [0.05, 0.1) is 0 Å². The van der Waals surface area contributed by atoms with Crippen molar-refractivity contribution in [3.05, 3.63) is 48.0 Å². The lowest BCUT2D eigenvalue weighted by molar-refractivity contribution is -0.0483. The summed E-state index contributed by atoms with van der Waals surface area (Å²) in [5, 5.41) is 2.29. The van der Waals surface area contributed by atoms with E-state index in [9.17, 15) is 8.78 Å². The standard InChI is InChI=1S/C17H19F2N/c18-17(19)10-8-13(9-11-17)16(20)15-7-3-5-12-4-1-2-6-14(12)15/h1-7,13,16H,8-11,20H2. The molecule has 1 nitrogen and oxygen atoms in total. The number of rotatable bonds is 2. The molecule has 1 aliphatic carbocycles. The van der Waals surface area contributed by atoms with E-state index >= 15 is 0 Å². The third kappa shape index (κ3) is 2.55. The second-order valence-corrected chi connectivity index (χ2v) is 5.79. The lowest BCUT2D eigenvalue weighted by Gasteiger charge is -2.32. The average molecular weight is 275 g/mol. The van der Waals surface area contributed by atoms with Crippen LogP contribution in [0, 0.1) is 5.92 Å². The predicted molar refractivity (Wildman–Crippen MR) is 77.8 cm³/mol. The van der Waals surface area contributed by atoms with Gasteiger partial charge in [0.1, 0.15) is 0 Å². The molecule has 106 valence electrons. The van der Waals surface area contributed by atoms with E-state index in [0.29, 0.717) is 12.8 Å². The van der Waals surface area contributed by atoms with Gasteiger partial charge >= 0.3 is 0 Å². The highest BCUT2D eigenvalue weighted by atomic mass is 19.3. The molecule has 1 saturated carbocycles. The van der Waals surface area contributed by atoms with Crippen LogP contribution in [0.2, 0.25) is 0 Å². The van der Waals surface area contributed by atoms with Gasteiger partial charge in [0.15, 0.2) is 0 Å². The SMILES string of the molecule is NC(c1cccc2ccccc12)C1CCC(F)(F)CC1. The van der Waals surface area contributed by atoms with Gasteiger partial charge < -0.3 is 5.73 Å². The van der Waals surface area contributed by atoms with Crippen molar-refractivity contribution in [1.29, 1.82) is 0 Å². The average Bonchev–Trinajstić information content (AvgIpc) is 2.46. The highest BCUT2D eigenvalue weighted by molar-refractivity contribution is 5.86. The monoisotopic (exact) mass is 275 g/mol. The number of fused-ring (bicyclic) bond motifs is 1. The van der Waals surface area contributed by atoms with E-state index in [4.69, 9.17) is 5.73 Å². The molecule has 0 aromatic heterocycles. The number of hydrogen-bond donors (Lipinski definition) is 1. The third-order valence-corrected chi connectivity index (χ3v) is 4.45. The van der Waals surface area contributed by atoms with Crippen LogP contribution < -0.4 is 5.73 Å². The van der Waals surface area contributed by atoms with Crippen molar-refractivity contribution in [3.8, 4) is 0 Å². The molecule has 2 N–H and O–H groups in total. The van der Waals surface area contributed by atoms with E-state index < -0.39 is 5.92 Å². The molecule has 2 aromatic rings. The van der Waals surface area contributed by atoms with E-state index in [2.05, 4.69) is 18.2 Å². The molecule has 0 amide bonds. The maximum atomic E-state index is 13.3. The maximum absolute atomic E-state index is 13.3. The van der Waals surface area contributed by atoms with Gasteiger partial charge in [0.25, 0.3) is 0 Å².